The van der Waals surface area contributed by atoms with Gasteiger partial charge in [-0.1, -0.05) is 18.2 Å². The number of ketones is 1. The number of benzene rings is 1. The summed E-state index contributed by atoms with van der Waals surface area (Å²) in [6.07, 6.45) is 6.21. The Labute approximate surface area is 132 Å². The maximum Gasteiger partial charge on any atom is 0.241 e. The number of aromatic amines is 1. The van der Waals surface area contributed by atoms with Gasteiger partial charge in [0.05, 0.1) is 11.9 Å². The number of nitrogens with one attached hydrogen (secondary N) is 1. The molecule has 0 atom stereocenters. The van der Waals surface area contributed by atoms with Gasteiger partial charge in [0, 0.05) is 29.0 Å². The summed E-state index contributed by atoms with van der Waals surface area (Å²) in [7, 11) is 0. The third-order valence-electron chi connectivity index (χ3n) is 3.40. The van der Waals surface area contributed by atoms with E-state index < -0.39 is 5.91 Å². The summed E-state index contributed by atoms with van der Waals surface area (Å²) in [5.74, 6) is -0.537. The number of Topliss-reactive ketones (excluding diaryl/α,β-unsaturated/α-hetero) is 1. The molecule has 0 saturated carbocycles. The van der Waals surface area contributed by atoms with Crippen LogP contribution in [0.2, 0.25) is 0 Å². The van der Waals surface area contributed by atoms with Crippen LogP contribution in [0.3, 0.4) is 0 Å². The third-order valence-corrected chi connectivity index (χ3v) is 3.40. The standard InChI is InChI=1S/C17H14N4O2/c1-10(22)11-3-2-4-12(7-11)14-9-20-17-16(21-14)13(8-19-17)5-6-15(18)23/h2-9H,1H3,(H2,18,23)(H,19,20)/b6-5+. The van der Waals surface area contributed by atoms with E-state index in [1.165, 1.54) is 13.0 Å². The van der Waals surface area contributed by atoms with Crippen LogP contribution in [0.5, 0.6) is 0 Å². The highest BCUT2D eigenvalue weighted by molar-refractivity contribution is 5.96. The van der Waals surface area contributed by atoms with Crippen LogP contribution in [0.1, 0.15) is 22.8 Å². The van der Waals surface area contributed by atoms with E-state index in [0.717, 1.165) is 11.1 Å². The van der Waals surface area contributed by atoms with Gasteiger partial charge in [-0.05, 0) is 19.1 Å². The molecule has 0 saturated heterocycles. The first-order valence-corrected chi connectivity index (χ1v) is 6.97. The fourth-order valence-electron chi connectivity index (χ4n) is 2.25. The van der Waals surface area contributed by atoms with Crippen molar-refractivity contribution in [3.63, 3.8) is 0 Å². The van der Waals surface area contributed by atoms with Gasteiger partial charge in [-0.3, -0.25) is 9.59 Å². The zero-order chi connectivity index (χ0) is 16.4. The average molecular weight is 306 g/mol. The molecule has 3 rings (SSSR count). The number of hydrogen-bond acceptors (Lipinski definition) is 4. The number of H-pyrrole nitrogens is 1. The highest BCUT2D eigenvalue weighted by Gasteiger charge is 2.09. The van der Waals surface area contributed by atoms with E-state index in [1.54, 1.807) is 30.6 Å². The number of fused-ring (bicyclic) bond motifs is 1. The first kappa shape index (κ1) is 14.6. The number of nitrogens with two attached hydrogens (primary N) is 1. The molecule has 23 heavy (non-hydrogen) atoms. The van der Waals surface area contributed by atoms with Crippen molar-refractivity contribution in [2.45, 2.75) is 6.92 Å². The van der Waals surface area contributed by atoms with E-state index in [4.69, 9.17) is 5.73 Å². The largest absolute Gasteiger partial charge is 0.366 e. The Kier molecular flexibility index (Phi) is 3.72. The predicted octanol–water partition coefficient (Wildman–Crippen LogP) is 2.33. The fraction of sp³-hybridized carbons (Fsp3) is 0.0588. The van der Waals surface area contributed by atoms with Gasteiger partial charge in [0.2, 0.25) is 5.91 Å². The van der Waals surface area contributed by atoms with Crippen molar-refractivity contribution >= 4 is 28.9 Å². The summed E-state index contributed by atoms with van der Waals surface area (Å²) < 4.78 is 0. The number of carbonyl (C=O) groups excluding carboxylic acids is 2. The van der Waals surface area contributed by atoms with Crippen LogP contribution in [0.15, 0.2) is 42.7 Å². The van der Waals surface area contributed by atoms with Gasteiger partial charge in [-0.2, -0.15) is 0 Å². The number of rotatable bonds is 4. The molecule has 0 aliphatic carbocycles. The van der Waals surface area contributed by atoms with Crippen LogP contribution in [-0.2, 0) is 4.79 Å². The van der Waals surface area contributed by atoms with E-state index in [9.17, 15) is 9.59 Å². The molecule has 1 aromatic carbocycles. The minimum absolute atomic E-state index is 0.00684. The van der Waals surface area contributed by atoms with Gasteiger partial charge in [0.15, 0.2) is 11.4 Å². The van der Waals surface area contributed by atoms with Crippen molar-refractivity contribution in [1.29, 1.82) is 0 Å². The molecule has 6 nitrogen and oxygen atoms in total. The van der Waals surface area contributed by atoms with Gasteiger partial charge < -0.3 is 10.7 Å². The van der Waals surface area contributed by atoms with Gasteiger partial charge >= 0.3 is 0 Å². The van der Waals surface area contributed by atoms with Gasteiger partial charge in [-0.15, -0.1) is 0 Å². The Balaban J connectivity index is 2.09. The first-order chi connectivity index (χ1) is 11.0. The third kappa shape index (κ3) is 3.01. The van der Waals surface area contributed by atoms with Crippen molar-refractivity contribution in [1.82, 2.24) is 15.0 Å². The highest BCUT2D eigenvalue weighted by Crippen LogP contribution is 2.22. The maximum atomic E-state index is 11.5. The number of amides is 1. The lowest BCUT2D eigenvalue weighted by molar-refractivity contribution is -0.113. The van der Waals surface area contributed by atoms with Crippen molar-refractivity contribution in [3.05, 3.63) is 53.9 Å². The summed E-state index contributed by atoms with van der Waals surface area (Å²) in [5.41, 5.74) is 9.15. The van der Waals surface area contributed by atoms with Crippen LogP contribution in [0.25, 0.3) is 28.5 Å². The van der Waals surface area contributed by atoms with Gasteiger partial charge in [0.1, 0.15) is 5.52 Å². The Morgan fingerprint density at radius 3 is 2.87 bits per heavy atom. The fourth-order valence-corrected chi connectivity index (χ4v) is 2.25. The molecule has 1 amide bonds. The van der Waals surface area contributed by atoms with E-state index in [0.29, 0.717) is 22.4 Å². The second-order valence-electron chi connectivity index (χ2n) is 5.07. The van der Waals surface area contributed by atoms with Crippen LogP contribution >= 0.6 is 0 Å². The Morgan fingerprint density at radius 1 is 1.30 bits per heavy atom. The Morgan fingerprint density at radius 2 is 2.13 bits per heavy atom. The highest BCUT2D eigenvalue weighted by atomic mass is 16.1. The monoisotopic (exact) mass is 306 g/mol. The second-order valence-corrected chi connectivity index (χ2v) is 5.07. The summed E-state index contributed by atoms with van der Waals surface area (Å²) in [4.78, 5) is 34.3. The van der Waals surface area contributed by atoms with Gasteiger partial charge in [-0.25, -0.2) is 9.97 Å². The van der Waals surface area contributed by atoms with Crippen LogP contribution < -0.4 is 5.73 Å². The maximum absolute atomic E-state index is 11.5. The van der Waals surface area contributed by atoms with Crippen molar-refractivity contribution < 1.29 is 9.59 Å². The quantitative estimate of drug-likeness (QED) is 0.570. The molecule has 0 aliphatic rings. The topological polar surface area (TPSA) is 102 Å². The number of primary amides is 1. The minimum atomic E-state index is -0.530. The Hall–Kier alpha value is -3.28. The molecule has 0 fully saturated rings. The number of carbonyl (C=O) groups is 2. The predicted molar refractivity (Wildman–Crippen MR) is 87.6 cm³/mol. The molecule has 114 valence electrons. The van der Waals surface area contributed by atoms with Crippen LogP contribution in [-0.4, -0.2) is 26.6 Å². The molecular weight excluding hydrogens is 292 g/mol. The molecule has 0 radical (unpaired) electrons. The smallest absolute Gasteiger partial charge is 0.241 e. The Bertz CT molecular complexity index is 941. The lowest BCUT2D eigenvalue weighted by Gasteiger charge is -2.03. The lowest BCUT2D eigenvalue weighted by atomic mass is 10.1. The SMILES string of the molecule is CC(=O)c1cccc(-c2cnc3[nH]cc(/C=C/C(N)=O)c3n2)c1. The van der Waals surface area contributed by atoms with Crippen LogP contribution in [0, 0.1) is 0 Å². The summed E-state index contributed by atoms with van der Waals surface area (Å²) >= 11 is 0. The minimum Gasteiger partial charge on any atom is -0.366 e. The number of aromatic nitrogens is 3. The molecule has 0 aliphatic heterocycles. The lowest BCUT2D eigenvalue weighted by Crippen LogP contribution is -2.05. The van der Waals surface area contributed by atoms with E-state index in [2.05, 4.69) is 15.0 Å². The molecular formula is C17H14N4O2. The number of hydrogen-bond donors (Lipinski definition) is 2. The molecule has 2 aromatic heterocycles. The van der Waals surface area contributed by atoms with Gasteiger partial charge in [0.25, 0.3) is 0 Å². The van der Waals surface area contributed by atoms with Crippen molar-refractivity contribution in [3.8, 4) is 11.3 Å². The number of nitrogens with zero attached hydrogens (tertiary/aromatic N) is 2. The molecule has 0 spiro atoms. The normalized spacial score (nSPS) is 11.2. The molecule has 3 N–H and O–H groups in total. The summed E-state index contributed by atoms with van der Waals surface area (Å²) in [6, 6.07) is 7.22. The van der Waals surface area contributed by atoms with Crippen molar-refractivity contribution in [2.24, 2.45) is 5.73 Å². The van der Waals surface area contributed by atoms with E-state index in [-0.39, 0.29) is 5.78 Å². The average Bonchev–Trinajstić information content (AvgIpc) is 2.95. The zero-order valence-electron chi connectivity index (χ0n) is 12.4. The van der Waals surface area contributed by atoms with Crippen LogP contribution in [0.4, 0.5) is 0 Å². The second kappa shape index (κ2) is 5.84. The van der Waals surface area contributed by atoms with E-state index >= 15 is 0 Å². The van der Waals surface area contributed by atoms with E-state index in [1.807, 2.05) is 12.1 Å². The molecule has 6 heteroatoms. The zero-order valence-corrected chi connectivity index (χ0v) is 12.4. The van der Waals surface area contributed by atoms with Crippen molar-refractivity contribution in [2.75, 3.05) is 0 Å². The first-order valence-electron chi connectivity index (χ1n) is 6.97. The summed E-state index contributed by atoms with van der Waals surface area (Å²) in [5, 5.41) is 0. The molecule has 0 unspecified atom stereocenters. The molecule has 0 bridgehead atoms. The summed E-state index contributed by atoms with van der Waals surface area (Å²) in [6.45, 7) is 1.52. The molecule has 2 heterocycles. The molecule has 3 aromatic rings.